The Hall–Kier alpha value is -5.99. The Morgan fingerprint density at radius 1 is 0.596 bits per heavy atom. The third kappa shape index (κ3) is 13.4. The van der Waals surface area contributed by atoms with Gasteiger partial charge in [-0.25, -0.2) is 0 Å². The second kappa shape index (κ2) is 21.3. The van der Waals surface area contributed by atoms with Crippen molar-refractivity contribution in [1.29, 1.82) is 0 Å². The van der Waals surface area contributed by atoms with Gasteiger partial charge >= 0.3 is 46.3 Å². The number of rotatable bonds is 10. The van der Waals surface area contributed by atoms with E-state index < -0.39 is 56.1 Å². The first-order valence-corrected chi connectivity index (χ1v) is 14.0. The number of non-ortho nitro benzene ring substituents is 2. The number of nitro groups is 2. The Morgan fingerprint density at radius 3 is 1.19 bits per heavy atom. The van der Waals surface area contributed by atoms with Crippen LogP contribution in [0.2, 0.25) is 0 Å². The van der Waals surface area contributed by atoms with E-state index in [-0.39, 0.29) is 69.1 Å². The zero-order chi connectivity index (χ0) is 36.8. The topological polar surface area (TPSA) is 286 Å². The Kier molecular flexibility index (Phi) is 18.0. The molecule has 0 atom stereocenters. The number of hydrogen-bond acceptors (Lipinski definition) is 14. The predicted octanol–water partition coefficient (Wildman–Crippen LogP) is 0.967. The quantitative estimate of drug-likeness (QED) is 0.0576. The Labute approximate surface area is 327 Å². The van der Waals surface area contributed by atoms with Crippen LogP contribution in [0.1, 0.15) is 13.8 Å². The smallest absolute Gasteiger partial charge is 0.874 e. The number of amides is 2. The Bertz CT molecular complexity index is 1880. The van der Waals surface area contributed by atoms with Gasteiger partial charge in [-0.1, -0.05) is 61.7 Å². The molecule has 0 fully saturated rings. The van der Waals surface area contributed by atoms with Crippen LogP contribution < -0.4 is 60.6 Å². The maximum absolute atomic E-state index is 12.1. The average molecular weight is 763 g/mol. The van der Waals surface area contributed by atoms with Crippen molar-refractivity contribution in [1.82, 2.24) is 0 Å². The van der Waals surface area contributed by atoms with Crippen molar-refractivity contribution < 1.29 is 86.2 Å². The van der Waals surface area contributed by atoms with Gasteiger partial charge in [0.05, 0.1) is 21.2 Å². The van der Waals surface area contributed by atoms with Crippen molar-refractivity contribution in [2.45, 2.75) is 13.8 Å². The van der Waals surface area contributed by atoms with E-state index in [1.165, 1.54) is 0 Å². The standard InChI is InChI=1S/2C16H14N4O5.Co.Na/c2*1-10(21)15(16(23)17-11-5-3-2-4-6-11)19-18-13-8-7-12(20(24)25)9-14(13)22;;/h2*2-9,21-22H,1H3,(H,17,23);;/q;;+3;+1/p-4/b15-10+,19-18?;15-10-,19-18?;;. The summed E-state index contributed by atoms with van der Waals surface area (Å²) in [6, 6.07) is 22.7. The molecule has 4 rings (SSSR count). The number of carbonyl (C=O) groups excluding carboxylic acids is 2. The first-order chi connectivity index (χ1) is 23.8. The summed E-state index contributed by atoms with van der Waals surface area (Å²) in [7, 11) is 0. The van der Waals surface area contributed by atoms with Gasteiger partial charge in [-0.05, 0) is 36.4 Å². The van der Waals surface area contributed by atoms with Gasteiger partial charge in [0.15, 0.2) is 0 Å². The molecule has 2 N–H and O–H groups in total. The summed E-state index contributed by atoms with van der Waals surface area (Å²) in [6.45, 7) is 2.26. The van der Waals surface area contributed by atoms with E-state index in [9.17, 15) is 50.2 Å². The third-order valence-electron chi connectivity index (χ3n) is 5.98. The number of nitrogens with zero attached hydrogens (tertiary/aromatic N) is 6. The van der Waals surface area contributed by atoms with E-state index in [4.69, 9.17) is 0 Å². The number of benzene rings is 4. The largest absolute Gasteiger partial charge is 3.00 e. The minimum atomic E-state index is -0.781. The number of azo groups is 2. The molecule has 4 aromatic rings. The Morgan fingerprint density at radius 2 is 0.923 bits per heavy atom. The molecule has 0 aliphatic rings. The van der Waals surface area contributed by atoms with Crippen LogP contribution in [0, 0.1) is 20.2 Å². The molecule has 20 heteroatoms. The van der Waals surface area contributed by atoms with Crippen LogP contribution in [0.5, 0.6) is 11.5 Å². The van der Waals surface area contributed by atoms with E-state index in [1.54, 1.807) is 60.7 Å². The number of hydrogen-bond donors (Lipinski definition) is 2. The zero-order valence-corrected chi connectivity index (χ0v) is 30.4. The van der Waals surface area contributed by atoms with Crippen LogP contribution in [-0.4, -0.2) is 21.7 Å². The van der Waals surface area contributed by atoms with Crippen LogP contribution >= 0.6 is 0 Å². The first kappa shape index (κ1) is 44.0. The van der Waals surface area contributed by atoms with Crippen molar-refractivity contribution in [2.24, 2.45) is 20.5 Å². The summed E-state index contributed by atoms with van der Waals surface area (Å²) in [6.07, 6.45) is 0. The molecule has 0 bridgehead atoms. The van der Waals surface area contributed by atoms with Crippen LogP contribution in [0.4, 0.5) is 34.1 Å². The second-order valence-corrected chi connectivity index (χ2v) is 9.67. The molecule has 2 amide bonds. The molecule has 0 radical (unpaired) electrons. The first-order valence-electron chi connectivity index (χ1n) is 14.0. The van der Waals surface area contributed by atoms with Gasteiger partial charge in [-0.15, -0.1) is 21.7 Å². The minimum Gasteiger partial charge on any atom is -0.874 e. The van der Waals surface area contributed by atoms with Gasteiger partial charge in [-0.2, -0.15) is 10.2 Å². The van der Waals surface area contributed by atoms with Crippen LogP contribution in [-0.2, 0) is 26.4 Å². The molecule has 0 aromatic heterocycles. The van der Waals surface area contributed by atoms with Gasteiger partial charge in [-0.3, -0.25) is 29.8 Å². The van der Waals surface area contributed by atoms with E-state index in [2.05, 4.69) is 31.1 Å². The minimum absolute atomic E-state index is 0. The molecular formula is C32H24CoN8NaO10. The average Bonchev–Trinajstić information content (AvgIpc) is 3.07. The van der Waals surface area contributed by atoms with Crippen molar-refractivity contribution >= 4 is 45.9 Å². The van der Waals surface area contributed by atoms with E-state index in [1.807, 2.05) is 0 Å². The van der Waals surface area contributed by atoms with Gasteiger partial charge in [0.1, 0.15) is 11.4 Å². The summed E-state index contributed by atoms with van der Waals surface area (Å²) in [4.78, 5) is 44.0. The summed E-state index contributed by atoms with van der Waals surface area (Å²) >= 11 is 0. The molecule has 0 aliphatic carbocycles. The maximum atomic E-state index is 12.1. The maximum Gasteiger partial charge on any atom is 3.00 e. The molecule has 262 valence electrons. The summed E-state index contributed by atoms with van der Waals surface area (Å²) < 4.78 is 0. The third-order valence-corrected chi connectivity index (χ3v) is 5.98. The number of carbonyl (C=O) groups is 2. The molecule has 18 nitrogen and oxygen atoms in total. The van der Waals surface area contributed by atoms with E-state index in [0.29, 0.717) is 11.4 Å². The summed E-state index contributed by atoms with van der Waals surface area (Å²) in [5.41, 5.74) is -1.30. The van der Waals surface area contributed by atoms with Gasteiger partial charge in [0, 0.05) is 35.6 Å². The molecule has 0 heterocycles. The molecule has 0 aliphatic heterocycles. The number of anilines is 2. The summed E-state index contributed by atoms with van der Waals surface area (Å²) in [5.74, 6) is -4.35. The summed E-state index contributed by atoms with van der Waals surface area (Å²) in [5, 5.41) is 87.0. The Balaban J connectivity index is 0.000000501. The number of allylic oxidation sites excluding steroid dienone is 2. The molecule has 52 heavy (non-hydrogen) atoms. The van der Waals surface area contributed by atoms with Gasteiger partial charge in [0.2, 0.25) is 0 Å². The molecule has 0 unspecified atom stereocenters. The van der Waals surface area contributed by atoms with E-state index >= 15 is 0 Å². The van der Waals surface area contributed by atoms with E-state index in [0.717, 1.165) is 50.2 Å². The van der Waals surface area contributed by atoms with Crippen molar-refractivity contribution in [3.63, 3.8) is 0 Å². The number of para-hydroxylation sites is 2. The second-order valence-electron chi connectivity index (χ2n) is 9.67. The molecular weight excluding hydrogens is 738 g/mol. The van der Waals surface area contributed by atoms with Gasteiger partial charge in [0.25, 0.3) is 23.2 Å². The van der Waals surface area contributed by atoms with Crippen molar-refractivity contribution in [3.05, 3.63) is 140 Å². The fraction of sp³-hybridized carbons (Fsp3) is 0.0625. The number of nitro benzene ring substituents is 2. The fourth-order valence-electron chi connectivity index (χ4n) is 3.58. The SMILES string of the molecule is C/C([O-])=C(/N=Nc1ccc([N+](=O)[O-])cc1[O-])C(=O)Nc1ccccc1.C/C([O-])=C(\N=Nc1ccc([N+](=O)[O-])cc1[O-])C(=O)Nc1ccccc1.[Co+3].[Na+]. The molecule has 0 saturated heterocycles. The van der Waals surface area contributed by atoms with Crippen molar-refractivity contribution in [2.75, 3.05) is 10.6 Å². The normalized spacial score (nSPS) is 11.4. The molecule has 0 spiro atoms. The zero-order valence-electron chi connectivity index (χ0n) is 27.3. The number of nitrogens with one attached hydrogen (secondary N) is 2. The van der Waals surface area contributed by atoms with Crippen molar-refractivity contribution in [3.8, 4) is 11.5 Å². The molecule has 4 aromatic carbocycles. The molecule has 0 saturated carbocycles. The monoisotopic (exact) mass is 762 g/mol. The fourth-order valence-corrected chi connectivity index (χ4v) is 3.58. The van der Waals surface area contributed by atoms with Crippen LogP contribution in [0.25, 0.3) is 0 Å². The van der Waals surface area contributed by atoms with Crippen LogP contribution in [0.15, 0.2) is 140 Å². The van der Waals surface area contributed by atoms with Gasteiger partial charge < -0.3 is 31.1 Å². The van der Waals surface area contributed by atoms with Crippen LogP contribution in [0.3, 0.4) is 0 Å². The predicted molar refractivity (Wildman–Crippen MR) is 170 cm³/mol.